The molecule has 102 valence electrons. The molecular weight excluding hydrogens is 236 g/mol. The van der Waals surface area contributed by atoms with Crippen LogP contribution in [-0.2, 0) is 9.53 Å². The van der Waals surface area contributed by atoms with Crippen LogP contribution >= 0.6 is 0 Å². The number of ether oxygens (including phenoxy) is 1. The number of carbonyl (C=O) groups excluding carboxylic acids is 1. The largest absolute Gasteiger partial charge is 0.480 e. The molecule has 0 radical (unpaired) electrons. The Morgan fingerprint density at radius 2 is 1.61 bits per heavy atom. The van der Waals surface area contributed by atoms with Crippen molar-refractivity contribution < 1.29 is 19.4 Å². The van der Waals surface area contributed by atoms with Crippen LogP contribution in [0.2, 0.25) is 0 Å². The minimum Gasteiger partial charge on any atom is -0.480 e. The number of aliphatic carboxylic acids is 1. The molecule has 2 aliphatic rings. The summed E-state index contributed by atoms with van der Waals surface area (Å²) in [5, 5.41) is 8.53. The van der Waals surface area contributed by atoms with Crippen molar-refractivity contribution in [2.45, 2.75) is 31.8 Å². The lowest BCUT2D eigenvalue weighted by molar-refractivity contribution is -0.145. The summed E-state index contributed by atoms with van der Waals surface area (Å²) in [6.07, 6.45) is 3.64. The first-order valence-electron chi connectivity index (χ1n) is 6.54. The predicted molar refractivity (Wildman–Crippen MR) is 64.4 cm³/mol. The van der Waals surface area contributed by atoms with Crippen LogP contribution in [0.25, 0.3) is 0 Å². The number of likely N-dealkylation sites (tertiary alicyclic amines) is 2. The van der Waals surface area contributed by atoms with Gasteiger partial charge in [0.1, 0.15) is 6.61 Å². The number of carboxylic acid groups (broad SMARTS) is 1. The zero-order chi connectivity index (χ0) is 13.0. The van der Waals surface area contributed by atoms with E-state index in [-0.39, 0.29) is 18.7 Å². The van der Waals surface area contributed by atoms with Crippen molar-refractivity contribution >= 4 is 12.0 Å². The third-order valence-electron chi connectivity index (χ3n) is 3.53. The van der Waals surface area contributed by atoms with Crippen LogP contribution in [-0.4, -0.2) is 65.8 Å². The van der Waals surface area contributed by atoms with E-state index in [4.69, 9.17) is 9.84 Å². The Kier molecular flexibility index (Phi) is 4.41. The molecular formula is C12H20N2O4. The molecule has 2 rings (SSSR count). The molecule has 18 heavy (non-hydrogen) atoms. The van der Waals surface area contributed by atoms with E-state index in [0.717, 1.165) is 38.8 Å². The molecule has 6 heteroatoms. The molecule has 0 spiro atoms. The number of piperidine rings is 1. The smallest absolute Gasteiger partial charge is 0.329 e. The van der Waals surface area contributed by atoms with Crippen molar-refractivity contribution in [1.29, 1.82) is 0 Å². The summed E-state index contributed by atoms with van der Waals surface area (Å²) >= 11 is 0. The summed E-state index contributed by atoms with van der Waals surface area (Å²) in [5.41, 5.74) is 0. The van der Waals surface area contributed by atoms with Crippen molar-refractivity contribution in [3.05, 3.63) is 0 Å². The minimum absolute atomic E-state index is 0.0243. The van der Waals surface area contributed by atoms with Gasteiger partial charge in [0.15, 0.2) is 0 Å². The first-order chi connectivity index (χ1) is 8.66. The molecule has 0 aromatic heterocycles. The fraction of sp³-hybridized carbons (Fsp3) is 0.833. The molecule has 0 aliphatic carbocycles. The summed E-state index contributed by atoms with van der Waals surface area (Å²) in [6.45, 7) is 2.83. The minimum atomic E-state index is -0.939. The van der Waals surface area contributed by atoms with Gasteiger partial charge < -0.3 is 19.6 Å². The van der Waals surface area contributed by atoms with Gasteiger partial charge in [0, 0.05) is 26.2 Å². The highest BCUT2D eigenvalue weighted by atomic mass is 16.5. The van der Waals surface area contributed by atoms with Gasteiger partial charge in [-0.25, -0.2) is 9.59 Å². The van der Waals surface area contributed by atoms with E-state index >= 15 is 0 Å². The van der Waals surface area contributed by atoms with E-state index in [0.29, 0.717) is 13.1 Å². The van der Waals surface area contributed by atoms with Crippen LogP contribution in [0.3, 0.4) is 0 Å². The first-order valence-corrected chi connectivity index (χ1v) is 6.54. The van der Waals surface area contributed by atoms with Crippen molar-refractivity contribution in [2.24, 2.45) is 0 Å². The lowest BCUT2D eigenvalue weighted by atomic mass is 10.1. The second-order valence-electron chi connectivity index (χ2n) is 4.87. The van der Waals surface area contributed by atoms with Crippen molar-refractivity contribution in [1.82, 2.24) is 9.80 Å². The van der Waals surface area contributed by atoms with Crippen LogP contribution in [0.15, 0.2) is 0 Å². The van der Waals surface area contributed by atoms with Gasteiger partial charge >= 0.3 is 12.0 Å². The fourth-order valence-electron chi connectivity index (χ4n) is 2.51. The molecule has 0 unspecified atom stereocenters. The summed E-state index contributed by atoms with van der Waals surface area (Å²) in [7, 11) is 0. The molecule has 2 saturated heterocycles. The molecule has 0 bridgehead atoms. The van der Waals surface area contributed by atoms with Gasteiger partial charge in [-0.3, -0.25) is 0 Å². The molecule has 2 fully saturated rings. The molecule has 0 aromatic carbocycles. The van der Waals surface area contributed by atoms with Crippen LogP contribution in [0.4, 0.5) is 4.79 Å². The maximum Gasteiger partial charge on any atom is 0.329 e. The molecule has 1 N–H and O–H groups in total. The highest BCUT2D eigenvalue weighted by Crippen LogP contribution is 2.17. The highest BCUT2D eigenvalue weighted by molar-refractivity contribution is 5.74. The monoisotopic (exact) mass is 256 g/mol. The maximum atomic E-state index is 12.1. The lowest BCUT2D eigenvalue weighted by Crippen LogP contribution is -2.47. The standard InChI is InChI=1S/C12H20N2O4/c15-11(16)9-18-10-3-7-14(8-4-10)12(17)13-5-1-2-6-13/h10H,1-9H2,(H,15,16). The van der Waals surface area contributed by atoms with E-state index < -0.39 is 5.97 Å². The SMILES string of the molecule is O=C(O)COC1CCN(C(=O)N2CCCC2)CC1. The number of rotatable bonds is 3. The van der Waals surface area contributed by atoms with Crippen molar-refractivity contribution in [3.63, 3.8) is 0 Å². The first kappa shape index (κ1) is 13.1. The zero-order valence-electron chi connectivity index (χ0n) is 10.5. The summed E-state index contributed by atoms with van der Waals surface area (Å²) < 4.78 is 5.25. The molecule has 0 aromatic rings. The molecule has 2 heterocycles. The van der Waals surface area contributed by atoms with Gasteiger partial charge in [0.25, 0.3) is 0 Å². The Morgan fingerprint density at radius 1 is 1.06 bits per heavy atom. The average Bonchev–Trinajstić information content (AvgIpc) is 2.90. The Morgan fingerprint density at radius 3 is 2.17 bits per heavy atom. The van der Waals surface area contributed by atoms with E-state index in [2.05, 4.69) is 0 Å². The van der Waals surface area contributed by atoms with Crippen LogP contribution < -0.4 is 0 Å². The van der Waals surface area contributed by atoms with E-state index in [1.54, 1.807) is 0 Å². The molecule has 2 amide bonds. The fourth-order valence-corrected chi connectivity index (χ4v) is 2.51. The Labute approximate surface area is 106 Å². The van der Waals surface area contributed by atoms with Gasteiger partial charge in [-0.2, -0.15) is 0 Å². The summed E-state index contributed by atoms with van der Waals surface area (Å²) in [5.74, 6) is -0.939. The quantitative estimate of drug-likeness (QED) is 0.809. The topological polar surface area (TPSA) is 70.1 Å². The highest BCUT2D eigenvalue weighted by Gasteiger charge is 2.28. The molecule has 6 nitrogen and oxygen atoms in total. The number of hydrogen-bond donors (Lipinski definition) is 1. The van der Waals surface area contributed by atoms with E-state index in [1.165, 1.54) is 0 Å². The van der Waals surface area contributed by atoms with Gasteiger partial charge in [-0.15, -0.1) is 0 Å². The summed E-state index contributed by atoms with van der Waals surface area (Å²) in [6, 6.07) is 0.129. The van der Waals surface area contributed by atoms with Crippen LogP contribution in [0, 0.1) is 0 Å². The van der Waals surface area contributed by atoms with E-state index in [1.807, 2.05) is 9.80 Å². The Balaban J connectivity index is 1.72. The van der Waals surface area contributed by atoms with Crippen LogP contribution in [0.5, 0.6) is 0 Å². The van der Waals surface area contributed by atoms with Gasteiger partial charge in [-0.1, -0.05) is 0 Å². The number of amides is 2. The van der Waals surface area contributed by atoms with Crippen molar-refractivity contribution in [2.75, 3.05) is 32.8 Å². The van der Waals surface area contributed by atoms with E-state index in [9.17, 15) is 9.59 Å². The normalized spacial score (nSPS) is 21.3. The lowest BCUT2D eigenvalue weighted by Gasteiger charge is -2.34. The predicted octanol–water partition coefficient (Wildman–Crippen LogP) is 0.768. The maximum absolute atomic E-state index is 12.1. The second-order valence-corrected chi connectivity index (χ2v) is 4.87. The third-order valence-corrected chi connectivity index (χ3v) is 3.53. The number of urea groups is 1. The van der Waals surface area contributed by atoms with Gasteiger partial charge in [0.2, 0.25) is 0 Å². The molecule has 0 saturated carbocycles. The Bertz CT molecular complexity index is 307. The molecule has 0 atom stereocenters. The summed E-state index contributed by atoms with van der Waals surface area (Å²) in [4.78, 5) is 26.2. The number of hydrogen-bond acceptors (Lipinski definition) is 3. The second kappa shape index (κ2) is 6.04. The number of nitrogens with zero attached hydrogens (tertiary/aromatic N) is 2. The van der Waals surface area contributed by atoms with Gasteiger partial charge in [-0.05, 0) is 25.7 Å². The average molecular weight is 256 g/mol. The van der Waals surface area contributed by atoms with Crippen molar-refractivity contribution in [3.8, 4) is 0 Å². The number of carboxylic acids is 1. The van der Waals surface area contributed by atoms with Gasteiger partial charge in [0.05, 0.1) is 6.10 Å². The zero-order valence-corrected chi connectivity index (χ0v) is 10.5. The Hall–Kier alpha value is -1.30. The van der Waals surface area contributed by atoms with Crippen LogP contribution in [0.1, 0.15) is 25.7 Å². The molecule has 2 aliphatic heterocycles. The third kappa shape index (κ3) is 3.35. The number of carbonyl (C=O) groups is 2.